The van der Waals surface area contributed by atoms with Crippen LogP contribution in [0.15, 0.2) is 18.2 Å². The number of carbonyl (C=O) groups excluding carboxylic acids is 2. The zero-order valence-electron chi connectivity index (χ0n) is 16.8. The summed E-state index contributed by atoms with van der Waals surface area (Å²) in [5.41, 5.74) is 2.01. The predicted octanol–water partition coefficient (Wildman–Crippen LogP) is 3.81. The predicted molar refractivity (Wildman–Crippen MR) is 107 cm³/mol. The molecule has 2 atom stereocenters. The van der Waals surface area contributed by atoms with Crippen molar-refractivity contribution in [2.45, 2.75) is 70.9 Å². The van der Waals surface area contributed by atoms with E-state index < -0.39 is 6.10 Å². The first-order chi connectivity index (χ1) is 13.4. The normalized spacial score (nSPS) is 36.3. The van der Waals surface area contributed by atoms with E-state index in [1.165, 1.54) is 38.5 Å². The molecule has 4 bridgehead atoms. The van der Waals surface area contributed by atoms with Crippen molar-refractivity contribution in [1.82, 2.24) is 5.32 Å². The van der Waals surface area contributed by atoms with E-state index in [4.69, 9.17) is 4.74 Å². The van der Waals surface area contributed by atoms with Gasteiger partial charge in [-0.15, -0.1) is 0 Å². The third-order valence-corrected chi connectivity index (χ3v) is 7.71. The van der Waals surface area contributed by atoms with Gasteiger partial charge in [-0.2, -0.15) is 0 Å². The summed E-state index contributed by atoms with van der Waals surface area (Å²) in [4.78, 5) is 25.2. The highest BCUT2D eigenvalue weighted by molar-refractivity contribution is 6.00. The van der Waals surface area contributed by atoms with Crippen LogP contribution in [-0.2, 0) is 9.59 Å². The number of hydrogen-bond donors (Lipinski definition) is 2. The molecule has 2 amide bonds. The zero-order valence-corrected chi connectivity index (χ0v) is 16.8. The third kappa shape index (κ3) is 3.09. The summed E-state index contributed by atoms with van der Waals surface area (Å²) >= 11 is 0. The molecule has 0 aromatic heterocycles. The molecular formula is C23H30N2O3. The number of nitrogens with one attached hydrogen (secondary N) is 2. The first-order valence-electron chi connectivity index (χ1n) is 10.8. The Bertz CT molecular complexity index is 783. The van der Waals surface area contributed by atoms with Crippen LogP contribution >= 0.6 is 0 Å². The van der Waals surface area contributed by atoms with E-state index in [1.807, 2.05) is 25.1 Å². The molecule has 4 saturated carbocycles. The lowest BCUT2D eigenvalue weighted by Crippen LogP contribution is -2.56. The lowest BCUT2D eigenvalue weighted by Gasteiger charge is -2.59. The van der Waals surface area contributed by atoms with Gasteiger partial charge < -0.3 is 15.4 Å². The minimum atomic E-state index is -0.765. The van der Waals surface area contributed by atoms with Gasteiger partial charge in [-0.3, -0.25) is 9.59 Å². The van der Waals surface area contributed by atoms with Gasteiger partial charge in [0.1, 0.15) is 5.75 Å². The number of anilines is 1. The average Bonchev–Trinajstić information content (AvgIpc) is 2.61. The van der Waals surface area contributed by atoms with Crippen molar-refractivity contribution in [3.63, 3.8) is 0 Å². The monoisotopic (exact) mass is 382 g/mol. The summed E-state index contributed by atoms with van der Waals surface area (Å²) in [7, 11) is 0. The Morgan fingerprint density at radius 1 is 1.21 bits per heavy atom. The van der Waals surface area contributed by atoms with Gasteiger partial charge in [0.2, 0.25) is 5.91 Å². The van der Waals surface area contributed by atoms with E-state index in [-0.39, 0.29) is 29.7 Å². The van der Waals surface area contributed by atoms with Gasteiger partial charge >= 0.3 is 0 Å². The Morgan fingerprint density at radius 3 is 2.50 bits per heavy atom. The second-order valence-corrected chi connectivity index (χ2v) is 9.87. The fourth-order valence-electron chi connectivity index (χ4n) is 6.73. The minimum absolute atomic E-state index is 0.0653. The smallest absolute Gasteiger partial charge is 0.266 e. The highest BCUT2D eigenvalue weighted by Crippen LogP contribution is 2.61. The van der Waals surface area contributed by atoms with E-state index in [1.54, 1.807) is 0 Å². The Balaban J connectivity index is 1.23. The first-order valence-corrected chi connectivity index (χ1v) is 10.8. The summed E-state index contributed by atoms with van der Waals surface area (Å²) in [6.45, 7) is 4.14. The fourth-order valence-corrected chi connectivity index (χ4v) is 6.73. The topological polar surface area (TPSA) is 67.4 Å². The van der Waals surface area contributed by atoms with Gasteiger partial charge in [0.25, 0.3) is 5.91 Å². The first kappa shape index (κ1) is 18.0. The molecule has 0 unspecified atom stereocenters. The summed E-state index contributed by atoms with van der Waals surface area (Å²) < 4.78 is 5.83. The molecule has 5 nitrogen and oxygen atoms in total. The van der Waals surface area contributed by atoms with Gasteiger partial charge in [0, 0.05) is 6.04 Å². The van der Waals surface area contributed by atoms with Crippen LogP contribution < -0.4 is 15.4 Å². The third-order valence-electron chi connectivity index (χ3n) is 7.71. The second-order valence-electron chi connectivity index (χ2n) is 9.87. The Hall–Kier alpha value is -2.04. The fraction of sp³-hybridized carbons (Fsp3) is 0.652. The second kappa shape index (κ2) is 6.50. The summed E-state index contributed by atoms with van der Waals surface area (Å²) in [6.07, 6.45) is 7.27. The summed E-state index contributed by atoms with van der Waals surface area (Å²) in [5, 5.41) is 6.11. The maximum absolute atomic E-state index is 12.8. The standard InChI is InChI=1S/C23H30N2O3/c1-13-3-4-19-18(5-13)25-22(27)20(28-19)9-21(26)24-14(2)23-10-15-6-16(11-23)8-17(7-15)12-23/h3-5,14-17,20H,6-12H2,1-2H3,(H,24,26)(H,25,27)/t14-,15?,16?,17?,20+,23?/m1/s1. The van der Waals surface area contributed by atoms with Crippen LogP contribution in [0.2, 0.25) is 0 Å². The molecule has 4 fully saturated rings. The quantitative estimate of drug-likeness (QED) is 0.832. The minimum Gasteiger partial charge on any atom is -0.478 e. The number of amides is 2. The van der Waals surface area contributed by atoms with Crippen molar-refractivity contribution in [2.75, 3.05) is 5.32 Å². The Labute approximate surface area is 166 Å². The molecule has 0 saturated heterocycles. The van der Waals surface area contributed by atoms with Crippen molar-refractivity contribution in [2.24, 2.45) is 23.2 Å². The van der Waals surface area contributed by atoms with Gasteiger partial charge in [-0.1, -0.05) is 6.07 Å². The van der Waals surface area contributed by atoms with Crippen LogP contribution in [0.4, 0.5) is 5.69 Å². The van der Waals surface area contributed by atoms with Gasteiger partial charge in [0.15, 0.2) is 6.10 Å². The van der Waals surface area contributed by atoms with Crippen molar-refractivity contribution in [1.29, 1.82) is 0 Å². The molecule has 5 heteroatoms. The molecule has 150 valence electrons. The SMILES string of the molecule is Cc1ccc2c(c1)NC(=O)[C@H](CC(=O)N[C@H](C)C13CC4CC(CC(C4)C1)C3)O2. The zero-order chi connectivity index (χ0) is 19.5. The van der Waals surface area contributed by atoms with Crippen LogP contribution in [0, 0.1) is 30.1 Å². The number of fused-ring (bicyclic) bond motifs is 1. The molecule has 1 aliphatic heterocycles. The van der Waals surface area contributed by atoms with Crippen LogP contribution in [-0.4, -0.2) is 24.0 Å². The molecule has 4 aliphatic carbocycles. The van der Waals surface area contributed by atoms with Gasteiger partial charge in [-0.25, -0.2) is 0 Å². The van der Waals surface area contributed by atoms with E-state index in [0.717, 1.165) is 23.3 Å². The van der Waals surface area contributed by atoms with Gasteiger partial charge in [-0.05, 0) is 93.2 Å². The van der Waals surface area contributed by atoms with Crippen molar-refractivity contribution in [3.8, 4) is 5.75 Å². The number of ether oxygens (including phenoxy) is 1. The molecule has 2 N–H and O–H groups in total. The maximum atomic E-state index is 12.8. The molecule has 0 radical (unpaired) electrons. The number of hydrogen-bond acceptors (Lipinski definition) is 3. The van der Waals surface area contributed by atoms with Crippen molar-refractivity contribution in [3.05, 3.63) is 23.8 Å². The molecule has 1 aromatic carbocycles. The molecule has 6 rings (SSSR count). The molecule has 1 heterocycles. The van der Waals surface area contributed by atoms with Crippen LogP contribution in [0.3, 0.4) is 0 Å². The van der Waals surface area contributed by atoms with E-state index in [9.17, 15) is 9.59 Å². The van der Waals surface area contributed by atoms with E-state index in [0.29, 0.717) is 11.4 Å². The maximum Gasteiger partial charge on any atom is 0.266 e. The molecule has 5 aliphatic rings. The number of rotatable bonds is 4. The van der Waals surface area contributed by atoms with Crippen molar-refractivity contribution < 1.29 is 14.3 Å². The summed E-state index contributed by atoms with van der Waals surface area (Å²) in [6, 6.07) is 5.85. The Kier molecular flexibility index (Phi) is 4.18. The van der Waals surface area contributed by atoms with Crippen LogP contribution in [0.25, 0.3) is 0 Å². The molecular weight excluding hydrogens is 352 g/mol. The lowest BCUT2D eigenvalue weighted by atomic mass is 9.48. The Morgan fingerprint density at radius 2 is 1.86 bits per heavy atom. The highest BCUT2D eigenvalue weighted by Gasteiger charge is 2.53. The largest absolute Gasteiger partial charge is 0.478 e. The summed E-state index contributed by atoms with van der Waals surface area (Å²) in [5.74, 6) is 2.89. The van der Waals surface area contributed by atoms with E-state index >= 15 is 0 Å². The molecule has 28 heavy (non-hydrogen) atoms. The molecule has 1 aromatic rings. The number of benzene rings is 1. The van der Waals surface area contributed by atoms with E-state index in [2.05, 4.69) is 17.6 Å². The number of carbonyl (C=O) groups is 2. The lowest BCUT2D eigenvalue weighted by molar-refractivity contribution is -0.133. The van der Waals surface area contributed by atoms with Crippen molar-refractivity contribution >= 4 is 17.5 Å². The van der Waals surface area contributed by atoms with Gasteiger partial charge in [0.05, 0.1) is 12.1 Å². The number of aryl methyl sites for hydroxylation is 1. The molecule has 0 spiro atoms. The van der Waals surface area contributed by atoms with Crippen LogP contribution in [0.1, 0.15) is 57.4 Å². The highest BCUT2D eigenvalue weighted by atomic mass is 16.5. The van der Waals surface area contributed by atoms with Crippen LogP contribution in [0.5, 0.6) is 5.75 Å². The average molecular weight is 383 g/mol.